The molecule has 4 nitrogen and oxygen atoms in total. The van der Waals surface area contributed by atoms with Crippen LogP contribution < -0.4 is 62.8 Å². The van der Waals surface area contributed by atoms with Crippen LogP contribution in [0.25, 0.3) is 10.2 Å². The van der Waals surface area contributed by atoms with E-state index in [1.807, 2.05) is 0 Å². The number of hydrogen-bond donors (Lipinski definition) is 1. The van der Waals surface area contributed by atoms with E-state index in [4.69, 9.17) is 18.5 Å². The Morgan fingerprint density at radius 2 is 2.19 bits per heavy atom. The maximum Gasteiger partial charge on any atom is 1.00 e. The second-order valence-electron chi connectivity index (χ2n) is 3.61. The van der Waals surface area contributed by atoms with Gasteiger partial charge in [0.05, 0.1) is 5.39 Å². The van der Waals surface area contributed by atoms with E-state index in [2.05, 4.69) is 4.98 Å². The van der Waals surface area contributed by atoms with Crippen molar-refractivity contribution in [2.45, 2.75) is 24.4 Å². The van der Waals surface area contributed by atoms with Gasteiger partial charge in [-0.3, -0.25) is 4.79 Å². The average molecular weight is 277 g/mol. The van der Waals surface area contributed by atoms with Crippen molar-refractivity contribution in [1.82, 2.24) is 9.66 Å². The summed E-state index contributed by atoms with van der Waals surface area (Å²) in [6.07, 6.45) is 3.13. The van der Waals surface area contributed by atoms with Gasteiger partial charge in [0.1, 0.15) is 4.83 Å². The molecule has 0 amide bonds. The van der Waals surface area contributed by atoms with E-state index in [1.165, 1.54) is 4.88 Å². The molecule has 0 aromatic carbocycles. The quantitative estimate of drug-likeness (QED) is 0.252. The first-order chi connectivity index (χ1) is 7.18. The molecule has 2 aromatic rings. The molecule has 0 fully saturated rings. The summed E-state index contributed by atoms with van der Waals surface area (Å²) in [6.45, 7) is 0. The smallest absolute Gasteiger partial charge is 0.740 e. The van der Waals surface area contributed by atoms with Crippen molar-refractivity contribution in [2.75, 3.05) is 5.84 Å². The molecule has 2 N–H and O–H groups in total. The fourth-order valence-electron chi connectivity index (χ4n) is 2.04. The van der Waals surface area contributed by atoms with E-state index in [9.17, 15) is 4.79 Å². The molecule has 0 bridgehead atoms. The predicted molar refractivity (Wildman–Crippen MR) is 61.7 cm³/mol. The molecule has 2 aromatic heterocycles. The van der Waals surface area contributed by atoms with Gasteiger partial charge < -0.3 is 18.5 Å². The van der Waals surface area contributed by atoms with Crippen molar-refractivity contribution in [3.05, 3.63) is 20.8 Å². The molecular weight excluding hydrogens is 269 g/mol. The molecule has 3 rings (SSSR count). The fraction of sp³-hybridized carbons (Fsp3) is 0.333. The van der Waals surface area contributed by atoms with Gasteiger partial charge in [0.25, 0.3) is 5.56 Å². The van der Waals surface area contributed by atoms with E-state index in [1.54, 1.807) is 11.3 Å². The Balaban J connectivity index is 0.000000963. The molecule has 0 aliphatic heterocycles. The Morgan fingerprint density at radius 1 is 1.44 bits per heavy atom. The van der Waals surface area contributed by atoms with Crippen molar-refractivity contribution < 1.29 is 51.4 Å². The molecule has 0 spiro atoms. The van der Waals surface area contributed by atoms with E-state index in [-0.39, 0.29) is 62.1 Å². The van der Waals surface area contributed by atoms with E-state index in [0.29, 0.717) is 5.39 Å². The van der Waals surface area contributed by atoms with Gasteiger partial charge in [-0.25, -0.2) is 9.66 Å². The molecule has 0 saturated heterocycles. The predicted octanol–water partition coefficient (Wildman–Crippen LogP) is -2.43. The summed E-state index contributed by atoms with van der Waals surface area (Å²) in [4.78, 5) is 18.1. The summed E-state index contributed by atoms with van der Waals surface area (Å²) in [5.41, 5.74) is 0.936. The van der Waals surface area contributed by atoms with Crippen LogP contribution in [0.4, 0.5) is 0 Å². The maximum absolute atomic E-state index is 11.9. The Morgan fingerprint density at radius 3 is 2.94 bits per heavy atom. The van der Waals surface area contributed by atoms with Crippen LogP contribution in [-0.2, 0) is 25.5 Å². The topological polar surface area (TPSA) is 60.9 Å². The minimum atomic E-state index is -0.204. The van der Waals surface area contributed by atoms with Crippen LogP contribution in [0.15, 0.2) is 9.95 Å². The minimum Gasteiger partial charge on any atom is -0.740 e. The van der Waals surface area contributed by atoms with Crippen molar-refractivity contribution in [2.24, 2.45) is 0 Å². The van der Waals surface area contributed by atoms with Gasteiger partial charge in [-0.15, -0.1) is 11.3 Å². The van der Waals surface area contributed by atoms with Gasteiger partial charge in [0, 0.05) is 10.0 Å². The van der Waals surface area contributed by atoms with Crippen LogP contribution in [-0.4, -0.2) is 9.66 Å². The van der Waals surface area contributed by atoms with Gasteiger partial charge >= 0.3 is 51.4 Å². The van der Waals surface area contributed by atoms with Crippen LogP contribution >= 0.6 is 11.3 Å². The van der Waals surface area contributed by atoms with Gasteiger partial charge in [-0.1, -0.05) is 0 Å². The second-order valence-corrected chi connectivity index (χ2v) is 5.06. The number of nitrogen functional groups attached to an aromatic ring is 1. The Bertz CT molecular complexity index is 619. The zero-order valence-corrected chi connectivity index (χ0v) is 13.6. The third-order valence-corrected chi connectivity index (χ3v) is 4.21. The molecule has 0 atom stereocenters. The van der Waals surface area contributed by atoms with E-state index < -0.39 is 0 Å². The van der Waals surface area contributed by atoms with Crippen molar-refractivity contribution >= 4 is 34.2 Å². The minimum absolute atomic E-state index is 0. The number of nitrogens with zero attached hydrogens (tertiary/aromatic N) is 2. The van der Waals surface area contributed by atoms with Crippen molar-refractivity contribution in [1.29, 1.82) is 0 Å². The van der Waals surface area contributed by atoms with Crippen LogP contribution in [0.3, 0.4) is 0 Å². The first kappa shape index (κ1) is 12.9. The third-order valence-electron chi connectivity index (χ3n) is 2.74. The Kier molecular flexibility index (Phi) is 3.75. The SMILES string of the molecule is Nn1c([S-])nc2sc3c(c2c1=O)CCC3.[K+]. The average Bonchev–Trinajstić information content (AvgIpc) is 2.73. The van der Waals surface area contributed by atoms with Crippen LogP contribution in [0.2, 0.25) is 0 Å². The van der Waals surface area contributed by atoms with Crippen molar-refractivity contribution in [3.63, 3.8) is 0 Å². The first-order valence-electron chi connectivity index (χ1n) is 4.68. The molecule has 2 heterocycles. The van der Waals surface area contributed by atoms with Crippen LogP contribution in [0, 0.1) is 0 Å². The molecule has 1 aliphatic rings. The second kappa shape index (κ2) is 4.64. The number of aryl methyl sites for hydroxylation is 2. The fourth-order valence-corrected chi connectivity index (χ4v) is 3.52. The molecule has 0 saturated carbocycles. The summed E-state index contributed by atoms with van der Waals surface area (Å²) in [7, 11) is 0. The monoisotopic (exact) mass is 277 g/mol. The molecule has 0 unspecified atom stereocenters. The van der Waals surface area contributed by atoms with Gasteiger partial charge in [-0.05, 0) is 24.8 Å². The number of fused-ring (bicyclic) bond motifs is 3. The number of rotatable bonds is 0. The zero-order valence-electron chi connectivity index (χ0n) is 8.82. The molecule has 7 heteroatoms. The Hall–Kier alpha value is 0.496. The molecule has 16 heavy (non-hydrogen) atoms. The van der Waals surface area contributed by atoms with Crippen molar-refractivity contribution in [3.8, 4) is 0 Å². The normalized spacial score (nSPS) is 13.8. The van der Waals surface area contributed by atoms with Gasteiger partial charge in [0.2, 0.25) is 0 Å². The van der Waals surface area contributed by atoms with Gasteiger partial charge in [-0.2, -0.15) is 0 Å². The number of hydrogen-bond acceptors (Lipinski definition) is 5. The summed E-state index contributed by atoms with van der Waals surface area (Å²) in [6, 6.07) is 0. The summed E-state index contributed by atoms with van der Waals surface area (Å²) in [5.74, 6) is 5.54. The maximum atomic E-state index is 11.9. The van der Waals surface area contributed by atoms with Crippen LogP contribution in [0.1, 0.15) is 16.9 Å². The largest absolute Gasteiger partial charge is 1.00 e. The first-order valence-corrected chi connectivity index (χ1v) is 5.90. The molecule has 0 radical (unpaired) electrons. The van der Waals surface area contributed by atoms with E-state index in [0.717, 1.165) is 34.3 Å². The summed E-state index contributed by atoms with van der Waals surface area (Å²) in [5, 5.41) is 0.844. The van der Waals surface area contributed by atoms with Crippen LogP contribution in [0.5, 0.6) is 0 Å². The summed E-state index contributed by atoms with van der Waals surface area (Å²) < 4.78 is 0.961. The number of aromatic nitrogens is 2. The summed E-state index contributed by atoms with van der Waals surface area (Å²) >= 11 is 6.49. The molecular formula is C9H8KN3OS2. The molecule has 1 aliphatic carbocycles. The number of nitrogens with two attached hydrogens (primary N) is 1. The standard InChI is InChI=1S/C9H9N3OS2.K/c10-12-8(13)6-4-2-1-3-5(4)15-7(6)11-9(12)14;/h1-3,10H2,(H,11,14);/q;+1/p-1. The zero-order chi connectivity index (χ0) is 10.6. The van der Waals surface area contributed by atoms with E-state index >= 15 is 0 Å². The van der Waals surface area contributed by atoms with Gasteiger partial charge in [0.15, 0.2) is 0 Å². The Labute approximate surface area is 144 Å². The number of thiophene rings is 1. The third kappa shape index (κ3) is 1.78. The molecule has 78 valence electrons.